The summed E-state index contributed by atoms with van der Waals surface area (Å²) in [5, 5.41) is 6.43. The van der Waals surface area contributed by atoms with Crippen molar-refractivity contribution in [3.63, 3.8) is 0 Å². The molecular weight excluding hydrogens is 432 g/mol. The number of carbonyl (C=O) groups excluding carboxylic acids is 2. The first kappa shape index (κ1) is 22.7. The van der Waals surface area contributed by atoms with E-state index in [1.54, 1.807) is 54.6 Å². The zero-order valence-corrected chi connectivity index (χ0v) is 19.0. The van der Waals surface area contributed by atoms with E-state index >= 15 is 0 Å². The SMILES string of the molecule is CN(C)c1ccc2oc(C(=O)NCCOc3ccc(C(=O)Nc4ccccc4N)cc3)cc2c1. The zero-order valence-electron chi connectivity index (χ0n) is 19.0. The highest BCUT2D eigenvalue weighted by Gasteiger charge is 2.13. The minimum atomic E-state index is -0.307. The Morgan fingerprint density at radius 1 is 0.971 bits per heavy atom. The van der Waals surface area contributed by atoms with Crippen molar-refractivity contribution in [1.29, 1.82) is 0 Å². The molecule has 0 atom stereocenters. The number of hydrogen-bond donors (Lipinski definition) is 3. The highest BCUT2D eigenvalue weighted by molar-refractivity contribution is 6.05. The summed E-state index contributed by atoms with van der Waals surface area (Å²) in [6.07, 6.45) is 0. The van der Waals surface area contributed by atoms with Gasteiger partial charge in [0.1, 0.15) is 17.9 Å². The second kappa shape index (κ2) is 9.99. The lowest BCUT2D eigenvalue weighted by Crippen LogP contribution is -2.27. The maximum absolute atomic E-state index is 12.4. The third kappa shape index (κ3) is 5.29. The molecule has 34 heavy (non-hydrogen) atoms. The van der Waals surface area contributed by atoms with Crippen LogP contribution < -0.4 is 26.0 Å². The van der Waals surface area contributed by atoms with E-state index in [-0.39, 0.29) is 24.2 Å². The summed E-state index contributed by atoms with van der Waals surface area (Å²) in [7, 11) is 3.91. The molecule has 4 aromatic rings. The van der Waals surface area contributed by atoms with Gasteiger partial charge in [0.25, 0.3) is 11.8 Å². The Hall–Kier alpha value is -4.46. The molecular formula is C26H26N4O4. The number of nitrogens with zero attached hydrogens (tertiary/aromatic N) is 1. The van der Waals surface area contributed by atoms with Gasteiger partial charge in [0.15, 0.2) is 5.76 Å². The van der Waals surface area contributed by atoms with Gasteiger partial charge in [-0.3, -0.25) is 9.59 Å². The van der Waals surface area contributed by atoms with Crippen molar-refractivity contribution >= 4 is 39.8 Å². The van der Waals surface area contributed by atoms with E-state index in [9.17, 15) is 9.59 Å². The Morgan fingerprint density at radius 3 is 2.47 bits per heavy atom. The fourth-order valence-electron chi connectivity index (χ4n) is 3.35. The van der Waals surface area contributed by atoms with Crippen LogP contribution in [0.1, 0.15) is 20.9 Å². The van der Waals surface area contributed by atoms with Crippen molar-refractivity contribution in [2.45, 2.75) is 0 Å². The van der Waals surface area contributed by atoms with Gasteiger partial charge in [0.05, 0.1) is 17.9 Å². The predicted molar refractivity (Wildman–Crippen MR) is 134 cm³/mol. The highest BCUT2D eigenvalue weighted by Crippen LogP contribution is 2.24. The number of benzene rings is 3. The molecule has 4 rings (SSSR count). The Balaban J connectivity index is 1.26. The third-order valence-corrected chi connectivity index (χ3v) is 5.22. The second-order valence-electron chi connectivity index (χ2n) is 7.90. The topological polar surface area (TPSA) is 110 Å². The number of para-hydroxylation sites is 2. The molecule has 0 saturated carbocycles. The number of nitrogens with two attached hydrogens (primary N) is 1. The first-order valence-electron chi connectivity index (χ1n) is 10.8. The van der Waals surface area contributed by atoms with E-state index in [0.717, 1.165) is 11.1 Å². The molecule has 0 fully saturated rings. The lowest BCUT2D eigenvalue weighted by Gasteiger charge is -2.11. The van der Waals surface area contributed by atoms with Crippen LogP contribution >= 0.6 is 0 Å². The molecule has 0 unspecified atom stereocenters. The molecule has 0 aliphatic heterocycles. The average Bonchev–Trinajstić information content (AvgIpc) is 3.27. The van der Waals surface area contributed by atoms with Gasteiger partial charge in [0.2, 0.25) is 0 Å². The van der Waals surface area contributed by atoms with E-state index in [1.165, 1.54) is 0 Å². The molecule has 0 aliphatic carbocycles. The van der Waals surface area contributed by atoms with Crippen molar-refractivity contribution in [2.75, 3.05) is 43.2 Å². The Bertz CT molecular complexity index is 1310. The molecule has 0 spiro atoms. The quantitative estimate of drug-likeness (QED) is 0.270. The summed E-state index contributed by atoms with van der Waals surface area (Å²) < 4.78 is 11.3. The number of amides is 2. The van der Waals surface area contributed by atoms with Crippen LogP contribution in [0.5, 0.6) is 5.75 Å². The predicted octanol–water partition coefficient (Wildman–Crippen LogP) is 4.14. The Morgan fingerprint density at radius 2 is 1.74 bits per heavy atom. The first-order valence-corrected chi connectivity index (χ1v) is 10.8. The maximum Gasteiger partial charge on any atom is 0.287 e. The number of hydrogen-bond acceptors (Lipinski definition) is 6. The lowest BCUT2D eigenvalue weighted by atomic mass is 10.2. The van der Waals surface area contributed by atoms with Gasteiger partial charge >= 0.3 is 0 Å². The molecule has 3 aromatic carbocycles. The Labute approximate surface area is 197 Å². The van der Waals surface area contributed by atoms with Gasteiger partial charge in [0, 0.05) is 30.7 Å². The van der Waals surface area contributed by atoms with Crippen LogP contribution in [0.25, 0.3) is 11.0 Å². The van der Waals surface area contributed by atoms with Gasteiger partial charge in [-0.1, -0.05) is 12.1 Å². The van der Waals surface area contributed by atoms with Crippen LogP contribution in [-0.4, -0.2) is 39.1 Å². The van der Waals surface area contributed by atoms with Crippen molar-refractivity contribution < 1.29 is 18.7 Å². The molecule has 8 heteroatoms. The highest BCUT2D eigenvalue weighted by atomic mass is 16.5. The maximum atomic E-state index is 12.4. The molecule has 1 aromatic heterocycles. The minimum Gasteiger partial charge on any atom is -0.492 e. The summed E-state index contributed by atoms with van der Waals surface area (Å²) >= 11 is 0. The molecule has 0 bridgehead atoms. The summed E-state index contributed by atoms with van der Waals surface area (Å²) in [4.78, 5) is 26.8. The van der Waals surface area contributed by atoms with E-state index < -0.39 is 0 Å². The standard InChI is InChI=1S/C26H26N4O4/c1-30(2)19-9-12-23-18(15-19)16-24(34-23)26(32)28-13-14-33-20-10-7-17(8-11-20)25(31)29-22-6-4-3-5-21(22)27/h3-12,15-16H,13-14,27H2,1-2H3,(H,28,32)(H,29,31). The monoisotopic (exact) mass is 458 g/mol. The van der Waals surface area contributed by atoms with Gasteiger partial charge < -0.3 is 30.4 Å². The van der Waals surface area contributed by atoms with E-state index in [2.05, 4.69) is 10.6 Å². The second-order valence-corrected chi connectivity index (χ2v) is 7.90. The summed E-state index contributed by atoms with van der Waals surface area (Å²) in [6, 6.07) is 21.3. The first-order chi connectivity index (χ1) is 16.4. The molecule has 0 saturated heterocycles. The third-order valence-electron chi connectivity index (χ3n) is 5.22. The van der Waals surface area contributed by atoms with E-state index in [1.807, 2.05) is 37.2 Å². The van der Waals surface area contributed by atoms with E-state index in [4.69, 9.17) is 14.9 Å². The number of nitrogens with one attached hydrogen (secondary N) is 2. The molecule has 1 heterocycles. The van der Waals surface area contributed by atoms with Crippen LogP contribution in [0.15, 0.2) is 77.2 Å². The smallest absolute Gasteiger partial charge is 0.287 e. The van der Waals surface area contributed by atoms with Gasteiger partial charge in [-0.2, -0.15) is 0 Å². The minimum absolute atomic E-state index is 0.250. The largest absolute Gasteiger partial charge is 0.492 e. The van der Waals surface area contributed by atoms with Gasteiger partial charge in [-0.15, -0.1) is 0 Å². The van der Waals surface area contributed by atoms with Crippen molar-refractivity contribution in [3.8, 4) is 5.75 Å². The summed E-state index contributed by atoms with van der Waals surface area (Å²) in [5.41, 5.74) is 9.09. The molecule has 4 N–H and O–H groups in total. The normalized spacial score (nSPS) is 10.6. The zero-order chi connectivity index (χ0) is 24.1. The van der Waals surface area contributed by atoms with Crippen LogP contribution in [0, 0.1) is 0 Å². The summed E-state index contributed by atoms with van der Waals surface area (Å²) in [5.74, 6) is 0.268. The number of ether oxygens (including phenoxy) is 1. The number of furan rings is 1. The van der Waals surface area contributed by atoms with Crippen molar-refractivity contribution in [1.82, 2.24) is 5.32 Å². The summed E-state index contributed by atoms with van der Waals surface area (Å²) in [6.45, 7) is 0.567. The Kier molecular flexibility index (Phi) is 6.68. The molecule has 174 valence electrons. The molecule has 8 nitrogen and oxygen atoms in total. The number of fused-ring (bicyclic) bond motifs is 1. The molecule has 2 amide bonds. The van der Waals surface area contributed by atoms with Crippen molar-refractivity contribution in [3.05, 3.63) is 84.1 Å². The number of carbonyl (C=O) groups is 2. The molecule has 0 aliphatic rings. The van der Waals surface area contributed by atoms with Crippen LogP contribution in [0.4, 0.5) is 17.1 Å². The average molecular weight is 459 g/mol. The van der Waals surface area contributed by atoms with Gasteiger partial charge in [-0.25, -0.2) is 0 Å². The van der Waals surface area contributed by atoms with Gasteiger partial charge in [-0.05, 0) is 60.7 Å². The fraction of sp³-hybridized carbons (Fsp3) is 0.154. The lowest BCUT2D eigenvalue weighted by molar-refractivity contribution is 0.0921. The molecule has 0 radical (unpaired) electrons. The van der Waals surface area contributed by atoms with Crippen molar-refractivity contribution in [2.24, 2.45) is 0 Å². The number of nitrogen functional groups attached to an aromatic ring is 1. The van der Waals surface area contributed by atoms with E-state index in [0.29, 0.717) is 34.8 Å². The fourth-order valence-corrected chi connectivity index (χ4v) is 3.35. The number of rotatable bonds is 8. The van der Waals surface area contributed by atoms with Crippen LogP contribution in [0.2, 0.25) is 0 Å². The van der Waals surface area contributed by atoms with Crippen LogP contribution in [-0.2, 0) is 0 Å². The number of anilines is 3. The van der Waals surface area contributed by atoms with Crippen LogP contribution in [0.3, 0.4) is 0 Å².